The first-order valence-corrected chi connectivity index (χ1v) is 17.4. The van der Waals surface area contributed by atoms with E-state index in [9.17, 15) is 22.8 Å². The van der Waals surface area contributed by atoms with Gasteiger partial charge in [0.1, 0.15) is 5.75 Å². The Morgan fingerprint density at radius 3 is 2.58 bits per heavy atom. The normalized spacial score (nSPS) is 29.0. The number of likely N-dealkylation sites (tertiary alicyclic amines) is 1. The van der Waals surface area contributed by atoms with Crippen molar-refractivity contribution in [3.05, 3.63) is 41.2 Å². The number of nitrogens with zero attached hydrogens (tertiary/aromatic N) is 4. The summed E-state index contributed by atoms with van der Waals surface area (Å²) in [6, 6.07) is 4.95. The number of aromatic nitrogens is 2. The smallest absolute Gasteiger partial charge is 0.419 e. The zero-order chi connectivity index (χ0) is 33.8. The number of benzene rings is 1. The molecule has 3 aliphatic carbocycles. The molecule has 3 heterocycles. The lowest BCUT2D eigenvalue weighted by atomic mass is 9.76. The molecule has 5 fully saturated rings. The van der Waals surface area contributed by atoms with Gasteiger partial charge in [-0.25, -0.2) is 9.97 Å². The Kier molecular flexibility index (Phi) is 8.58. The molecule has 5 aliphatic rings. The number of amides is 2. The van der Waals surface area contributed by atoms with Crippen LogP contribution in [-0.4, -0.2) is 89.5 Å². The first kappa shape index (κ1) is 33.1. The Morgan fingerprint density at radius 2 is 1.90 bits per heavy atom. The van der Waals surface area contributed by atoms with E-state index < -0.39 is 11.7 Å². The molecule has 2 saturated heterocycles. The van der Waals surface area contributed by atoms with Gasteiger partial charge in [-0.3, -0.25) is 9.59 Å². The van der Waals surface area contributed by atoms with Crippen LogP contribution in [0.4, 0.5) is 24.8 Å². The fourth-order valence-electron chi connectivity index (χ4n) is 8.76. The third-order valence-electron chi connectivity index (χ3n) is 11.9. The predicted molar refractivity (Wildman–Crippen MR) is 174 cm³/mol. The molecule has 0 radical (unpaired) electrons. The molecule has 1 aromatic carbocycles. The molecular formula is C35H46F3N7O3. The van der Waals surface area contributed by atoms with E-state index in [4.69, 9.17) is 4.74 Å². The van der Waals surface area contributed by atoms with Crippen molar-refractivity contribution in [2.75, 3.05) is 39.6 Å². The van der Waals surface area contributed by atoms with E-state index >= 15 is 0 Å². The number of methoxy groups -OCH3 is 1. The highest BCUT2D eigenvalue weighted by Crippen LogP contribution is 2.72. The summed E-state index contributed by atoms with van der Waals surface area (Å²) in [6.45, 7) is 1.84. The number of ether oxygens (including phenoxy) is 1. The second-order valence-electron chi connectivity index (χ2n) is 14.7. The van der Waals surface area contributed by atoms with E-state index in [1.165, 1.54) is 7.11 Å². The lowest BCUT2D eigenvalue weighted by molar-refractivity contribution is -0.141. The van der Waals surface area contributed by atoms with Gasteiger partial charge in [0.15, 0.2) is 0 Å². The number of alkyl halides is 3. The molecule has 3 saturated carbocycles. The Hall–Kier alpha value is -3.45. The standard InChI is InChI=1S/C35H46F3N7O3/c1-44-15-12-23(13-16-44)40-30(46)22-10-11-25(27(17-22)48-3)41-32-39-19-24(35(36,37)38)26(42-32)18-28-34(43-28)20-33(34)14-5-4-9-29(33)45(2)31(47)21-7-6-8-21/h10-11,17,19,21,23,28-29,43H,4-9,12-16,18,20H2,1-3H3,(H,40,46)(H,39,41,42)/t28?,29-,33-,34+/m1/s1. The molecule has 7 rings (SSSR count). The van der Waals surface area contributed by atoms with Crippen LogP contribution >= 0.6 is 0 Å². The first-order valence-electron chi connectivity index (χ1n) is 17.4. The van der Waals surface area contributed by atoms with Gasteiger partial charge in [-0.05, 0) is 83.3 Å². The average Bonchev–Trinajstić information content (AvgIpc) is 3.90. The number of carbonyl (C=O) groups is 2. The number of hydrogen-bond donors (Lipinski definition) is 3. The maximum absolute atomic E-state index is 14.2. The third-order valence-corrected chi connectivity index (χ3v) is 11.9. The highest BCUT2D eigenvalue weighted by atomic mass is 19.4. The van der Waals surface area contributed by atoms with Crippen molar-refractivity contribution in [1.29, 1.82) is 0 Å². The van der Waals surface area contributed by atoms with Gasteiger partial charge in [0.2, 0.25) is 11.9 Å². The molecule has 260 valence electrons. The zero-order valence-electron chi connectivity index (χ0n) is 28.0. The minimum absolute atomic E-state index is 0.0152. The maximum atomic E-state index is 14.2. The van der Waals surface area contributed by atoms with Crippen LogP contribution in [0.3, 0.4) is 0 Å². The van der Waals surface area contributed by atoms with Crippen molar-refractivity contribution >= 4 is 23.5 Å². The zero-order valence-corrected chi connectivity index (χ0v) is 28.0. The summed E-state index contributed by atoms with van der Waals surface area (Å²) in [5, 5.41) is 9.69. The van der Waals surface area contributed by atoms with Crippen LogP contribution in [0.15, 0.2) is 24.4 Å². The van der Waals surface area contributed by atoms with Crippen molar-refractivity contribution in [2.45, 2.75) is 100 Å². The summed E-state index contributed by atoms with van der Waals surface area (Å²) in [7, 11) is 5.46. The lowest BCUT2D eigenvalue weighted by Crippen LogP contribution is -2.49. The van der Waals surface area contributed by atoms with Crippen LogP contribution in [-0.2, 0) is 17.4 Å². The molecule has 3 N–H and O–H groups in total. The highest BCUT2D eigenvalue weighted by molar-refractivity contribution is 5.95. The molecule has 10 nitrogen and oxygen atoms in total. The first-order chi connectivity index (χ1) is 22.9. The molecular weight excluding hydrogens is 623 g/mol. The van der Waals surface area contributed by atoms with Crippen LogP contribution in [0, 0.1) is 11.3 Å². The third kappa shape index (κ3) is 6.01. The SMILES string of the molecule is COc1cc(C(=O)NC2CCN(C)CC2)ccc1Nc1ncc(C(F)(F)F)c(CC2N[C@@]23C[C@@]32CCCC[C@H]2N(C)C(=O)C2CCC2)n1. The largest absolute Gasteiger partial charge is 0.495 e. The number of fused-ring (bicyclic) bond motifs is 1. The van der Waals surface area contributed by atoms with Crippen LogP contribution in [0.2, 0.25) is 0 Å². The van der Waals surface area contributed by atoms with Gasteiger partial charge in [-0.2, -0.15) is 13.2 Å². The van der Waals surface area contributed by atoms with E-state index in [0.29, 0.717) is 17.0 Å². The fourth-order valence-corrected chi connectivity index (χ4v) is 8.76. The van der Waals surface area contributed by atoms with Crippen LogP contribution < -0.4 is 20.7 Å². The van der Waals surface area contributed by atoms with E-state index in [1.807, 2.05) is 11.9 Å². The van der Waals surface area contributed by atoms with Gasteiger partial charge in [0, 0.05) is 60.2 Å². The Balaban J connectivity index is 1.06. The molecule has 1 unspecified atom stereocenters. The summed E-state index contributed by atoms with van der Waals surface area (Å²) >= 11 is 0. The number of carbonyl (C=O) groups excluding carboxylic acids is 2. The van der Waals surface area contributed by atoms with E-state index in [-0.39, 0.29) is 64.9 Å². The fraction of sp³-hybridized carbons (Fsp3) is 0.657. The van der Waals surface area contributed by atoms with Crippen molar-refractivity contribution in [2.24, 2.45) is 11.3 Å². The summed E-state index contributed by atoms with van der Waals surface area (Å²) in [5.41, 5.74) is -0.431. The molecule has 2 amide bonds. The molecule has 0 bridgehead atoms. The van der Waals surface area contributed by atoms with Gasteiger partial charge in [0.05, 0.1) is 24.1 Å². The Morgan fingerprint density at radius 1 is 1.12 bits per heavy atom. The van der Waals surface area contributed by atoms with E-state index in [0.717, 1.165) is 83.5 Å². The second kappa shape index (κ2) is 12.5. The molecule has 48 heavy (non-hydrogen) atoms. The van der Waals surface area contributed by atoms with Crippen LogP contribution in [0.1, 0.15) is 85.8 Å². The molecule has 13 heteroatoms. The lowest BCUT2D eigenvalue weighted by Gasteiger charge is -2.42. The van der Waals surface area contributed by atoms with Gasteiger partial charge >= 0.3 is 6.18 Å². The van der Waals surface area contributed by atoms with Crippen molar-refractivity contribution in [1.82, 2.24) is 30.4 Å². The van der Waals surface area contributed by atoms with E-state index in [1.54, 1.807) is 18.2 Å². The minimum atomic E-state index is -4.61. The highest BCUT2D eigenvalue weighted by Gasteiger charge is 2.82. The average molecular weight is 670 g/mol. The maximum Gasteiger partial charge on any atom is 0.419 e. The quantitative estimate of drug-likeness (QED) is 0.322. The molecule has 2 aromatic rings. The Labute approximate surface area is 279 Å². The predicted octanol–water partition coefficient (Wildman–Crippen LogP) is 4.92. The van der Waals surface area contributed by atoms with Crippen molar-refractivity contribution in [3.63, 3.8) is 0 Å². The number of nitrogens with one attached hydrogen (secondary N) is 3. The molecule has 4 atom stereocenters. The van der Waals surface area contributed by atoms with Crippen molar-refractivity contribution in [3.8, 4) is 5.75 Å². The number of anilines is 2. The van der Waals surface area contributed by atoms with Gasteiger partial charge in [0.25, 0.3) is 5.91 Å². The van der Waals surface area contributed by atoms with Gasteiger partial charge < -0.3 is 30.5 Å². The number of rotatable bonds is 9. The summed E-state index contributed by atoms with van der Waals surface area (Å²) in [4.78, 5) is 38.8. The topological polar surface area (TPSA) is 122 Å². The van der Waals surface area contributed by atoms with Gasteiger partial charge in [-0.15, -0.1) is 0 Å². The molecule has 2 spiro atoms. The summed E-state index contributed by atoms with van der Waals surface area (Å²) < 4.78 is 48.2. The second-order valence-corrected chi connectivity index (χ2v) is 14.7. The van der Waals surface area contributed by atoms with Gasteiger partial charge in [-0.1, -0.05) is 19.3 Å². The number of piperidine rings is 1. The number of hydrogen-bond acceptors (Lipinski definition) is 8. The Bertz CT molecular complexity index is 1560. The van der Waals surface area contributed by atoms with Crippen molar-refractivity contribution < 1.29 is 27.5 Å². The van der Waals surface area contributed by atoms with Crippen LogP contribution in [0.25, 0.3) is 0 Å². The molecule has 2 aliphatic heterocycles. The summed E-state index contributed by atoms with van der Waals surface area (Å²) in [5.74, 6) is 0.497. The molecule has 1 aromatic heterocycles. The van der Waals surface area contributed by atoms with Crippen LogP contribution in [0.5, 0.6) is 5.75 Å². The summed E-state index contributed by atoms with van der Waals surface area (Å²) in [6.07, 6.45) is 5.97. The monoisotopic (exact) mass is 669 g/mol. The number of halogens is 3. The minimum Gasteiger partial charge on any atom is -0.495 e. The van der Waals surface area contributed by atoms with E-state index in [2.05, 4.69) is 37.9 Å².